The van der Waals surface area contributed by atoms with Crippen molar-refractivity contribution < 1.29 is 23.6 Å². The third kappa shape index (κ3) is 4.11. The summed E-state index contributed by atoms with van der Waals surface area (Å²) in [5.74, 6) is 0.623. The van der Waals surface area contributed by atoms with E-state index in [0.717, 1.165) is 11.1 Å². The molecule has 1 aliphatic heterocycles. The highest BCUT2D eigenvalue weighted by Crippen LogP contribution is 2.31. The molecule has 0 radical (unpaired) electrons. The number of carbonyl (C=O) groups excluding carboxylic acids is 2. The average Bonchev–Trinajstić information content (AvgIpc) is 3.20. The number of hydrogen-bond donors (Lipinski definition) is 0. The third-order valence-corrected chi connectivity index (χ3v) is 4.56. The molecule has 0 atom stereocenters. The van der Waals surface area contributed by atoms with Crippen LogP contribution in [-0.4, -0.2) is 35.2 Å². The summed E-state index contributed by atoms with van der Waals surface area (Å²) in [6, 6.07) is 14.9. The number of anilines is 1. The lowest BCUT2D eigenvalue weighted by atomic mass is 10.1. The Kier molecular flexibility index (Phi) is 5.24. The second kappa shape index (κ2) is 8.14. The molecule has 0 N–H and O–H groups in total. The van der Waals surface area contributed by atoms with Crippen molar-refractivity contribution in [3.8, 4) is 17.1 Å². The Morgan fingerprint density at radius 2 is 1.97 bits per heavy atom. The molecule has 0 unspecified atom stereocenters. The number of para-hydroxylation sites is 2. The van der Waals surface area contributed by atoms with E-state index in [1.807, 2.05) is 43.3 Å². The van der Waals surface area contributed by atoms with Crippen LogP contribution in [0.3, 0.4) is 0 Å². The molecule has 1 aromatic heterocycles. The molecule has 1 amide bonds. The first kappa shape index (κ1) is 18.7. The minimum atomic E-state index is -0.461. The van der Waals surface area contributed by atoms with Crippen LogP contribution in [0, 0.1) is 6.92 Å². The molecule has 3 aromatic rings. The Hall–Kier alpha value is -3.68. The van der Waals surface area contributed by atoms with Gasteiger partial charge in [0.05, 0.1) is 12.1 Å². The van der Waals surface area contributed by atoms with Crippen LogP contribution in [0.2, 0.25) is 0 Å². The van der Waals surface area contributed by atoms with Gasteiger partial charge >= 0.3 is 5.97 Å². The Labute approximate surface area is 167 Å². The molecule has 2 heterocycles. The largest absolute Gasteiger partial charge is 0.482 e. The fraction of sp³-hybridized carbons (Fsp3) is 0.238. The van der Waals surface area contributed by atoms with Gasteiger partial charge in [0, 0.05) is 12.1 Å². The highest BCUT2D eigenvalue weighted by Gasteiger charge is 2.25. The fourth-order valence-electron chi connectivity index (χ4n) is 3.06. The molecule has 0 bridgehead atoms. The van der Waals surface area contributed by atoms with Crippen LogP contribution in [0.5, 0.6) is 5.75 Å². The standard InChI is InChI=1S/C21H19N3O5/c1-14-6-2-3-7-15(14)21-22-18(29-23-21)12-28-20(26)10-11-24-16-8-4-5-9-17(16)27-13-19(24)25/h2-9H,10-13H2,1H3. The highest BCUT2D eigenvalue weighted by atomic mass is 16.6. The van der Waals surface area contributed by atoms with E-state index in [-0.39, 0.29) is 38.0 Å². The number of rotatable bonds is 6. The lowest BCUT2D eigenvalue weighted by molar-refractivity contribution is -0.145. The molecule has 0 spiro atoms. The van der Waals surface area contributed by atoms with Crippen molar-refractivity contribution in [1.29, 1.82) is 0 Å². The second-order valence-corrected chi connectivity index (χ2v) is 6.54. The number of carbonyl (C=O) groups is 2. The van der Waals surface area contributed by atoms with Gasteiger partial charge in [-0.1, -0.05) is 41.6 Å². The molecule has 1 aliphatic rings. The zero-order valence-corrected chi connectivity index (χ0v) is 15.8. The van der Waals surface area contributed by atoms with Crippen LogP contribution in [0.25, 0.3) is 11.4 Å². The van der Waals surface area contributed by atoms with E-state index in [1.165, 1.54) is 4.90 Å². The van der Waals surface area contributed by atoms with Gasteiger partial charge in [0.15, 0.2) is 13.2 Å². The topological polar surface area (TPSA) is 94.8 Å². The van der Waals surface area contributed by atoms with E-state index in [2.05, 4.69) is 10.1 Å². The van der Waals surface area contributed by atoms with Gasteiger partial charge in [0.2, 0.25) is 5.82 Å². The number of hydrogen-bond acceptors (Lipinski definition) is 7. The van der Waals surface area contributed by atoms with Crippen LogP contribution in [-0.2, 0) is 20.9 Å². The van der Waals surface area contributed by atoms with E-state index < -0.39 is 5.97 Å². The summed E-state index contributed by atoms with van der Waals surface area (Å²) in [5, 5.41) is 3.94. The highest BCUT2D eigenvalue weighted by molar-refractivity contribution is 5.98. The lowest BCUT2D eigenvalue weighted by Crippen LogP contribution is -2.40. The normalized spacial score (nSPS) is 13.0. The minimum Gasteiger partial charge on any atom is -0.482 e. The summed E-state index contributed by atoms with van der Waals surface area (Å²) < 4.78 is 15.8. The molecule has 0 saturated carbocycles. The molecule has 8 nitrogen and oxygen atoms in total. The van der Waals surface area contributed by atoms with Gasteiger partial charge in [-0.3, -0.25) is 9.59 Å². The van der Waals surface area contributed by atoms with Gasteiger partial charge in [-0.05, 0) is 24.6 Å². The number of aryl methyl sites for hydroxylation is 1. The second-order valence-electron chi connectivity index (χ2n) is 6.54. The maximum absolute atomic E-state index is 12.1. The molecule has 8 heteroatoms. The Morgan fingerprint density at radius 3 is 2.83 bits per heavy atom. The van der Waals surface area contributed by atoms with Crippen molar-refractivity contribution in [3.05, 3.63) is 60.0 Å². The number of nitrogens with zero attached hydrogens (tertiary/aromatic N) is 3. The van der Waals surface area contributed by atoms with Crippen molar-refractivity contribution in [2.24, 2.45) is 0 Å². The number of esters is 1. The summed E-state index contributed by atoms with van der Waals surface area (Å²) in [7, 11) is 0. The maximum Gasteiger partial charge on any atom is 0.308 e. The number of ether oxygens (including phenoxy) is 2. The van der Waals surface area contributed by atoms with E-state index in [1.54, 1.807) is 12.1 Å². The van der Waals surface area contributed by atoms with Crippen molar-refractivity contribution >= 4 is 17.6 Å². The fourth-order valence-corrected chi connectivity index (χ4v) is 3.06. The lowest BCUT2D eigenvalue weighted by Gasteiger charge is -2.28. The molecule has 0 fully saturated rings. The Morgan fingerprint density at radius 1 is 1.17 bits per heavy atom. The first-order chi connectivity index (χ1) is 14.1. The van der Waals surface area contributed by atoms with Gasteiger partial charge < -0.3 is 18.9 Å². The van der Waals surface area contributed by atoms with E-state index in [9.17, 15) is 9.59 Å². The average molecular weight is 393 g/mol. The van der Waals surface area contributed by atoms with Crippen LogP contribution in [0.1, 0.15) is 17.9 Å². The van der Waals surface area contributed by atoms with Crippen LogP contribution >= 0.6 is 0 Å². The summed E-state index contributed by atoms with van der Waals surface area (Å²) >= 11 is 0. The number of aromatic nitrogens is 2. The Balaban J connectivity index is 1.32. The predicted molar refractivity (Wildman–Crippen MR) is 103 cm³/mol. The first-order valence-corrected chi connectivity index (χ1v) is 9.18. The SMILES string of the molecule is Cc1ccccc1-c1noc(COC(=O)CCN2C(=O)COc3ccccc32)n1. The number of fused-ring (bicyclic) bond motifs is 1. The van der Waals surface area contributed by atoms with E-state index in [4.69, 9.17) is 14.0 Å². The summed E-state index contributed by atoms with van der Waals surface area (Å²) in [5.41, 5.74) is 2.53. The third-order valence-electron chi connectivity index (χ3n) is 4.56. The molecule has 0 saturated heterocycles. The van der Waals surface area contributed by atoms with Crippen molar-refractivity contribution in [3.63, 3.8) is 0 Å². The van der Waals surface area contributed by atoms with Crippen LogP contribution < -0.4 is 9.64 Å². The zero-order valence-electron chi connectivity index (χ0n) is 15.8. The zero-order chi connectivity index (χ0) is 20.2. The summed E-state index contributed by atoms with van der Waals surface area (Å²) in [6.45, 7) is 1.99. The maximum atomic E-state index is 12.1. The van der Waals surface area contributed by atoms with Gasteiger partial charge in [-0.25, -0.2) is 0 Å². The van der Waals surface area contributed by atoms with Crippen molar-refractivity contribution in [1.82, 2.24) is 10.1 Å². The van der Waals surface area contributed by atoms with E-state index >= 15 is 0 Å². The molecule has 2 aromatic carbocycles. The summed E-state index contributed by atoms with van der Waals surface area (Å²) in [4.78, 5) is 30.1. The quantitative estimate of drug-likeness (QED) is 0.594. The molecular formula is C21H19N3O5. The summed E-state index contributed by atoms with van der Waals surface area (Å²) in [6.07, 6.45) is 0.0405. The Bertz CT molecular complexity index is 1050. The minimum absolute atomic E-state index is 0.0405. The number of benzene rings is 2. The molecule has 0 aliphatic carbocycles. The van der Waals surface area contributed by atoms with Crippen molar-refractivity contribution in [2.45, 2.75) is 20.0 Å². The van der Waals surface area contributed by atoms with E-state index in [0.29, 0.717) is 17.3 Å². The van der Waals surface area contributed by atoms with Gasteiger partial charge in [-0.15, -0.1) is 0 Å². The van der Waals surface area contributed by atoms with Crippen molar-refractivity contribution in [2.75, 3.05) is 18.1 Å². The predicted octanol–water partition coefficient (Wildman–Crippen LogP) is 2.90. The van der Waals surface area contributed by atoms with Gasteiger partial charge in [-0.2, -0.15) is 4.98 Å². The molecule has 29 heavy (non-hydrogen) atoms. The van der Waals surface area contributed by atoms with Gasteiger partial charge in [0.1, 0.15) is 5.75 Å². The molecule has 4 rings (SSSR count). The van der Waals surface area contributed by atoms with Crippen LogP contribution in [0.4, 0.5) is 5.69 Å². The monoisotopic (exact) mass is 393 g/mol. The van der Waals surface area contributed by atoms with Crippen LogP contribution in [0.15, 0.2) is 53.1 Å². The molecule has 148 valence electrons. The number of amides is 1. The smallest absolute Gasteiger partial charge is 0.308 e. The first-order valence-electron chi connectivity index (χ1n) is 9.18. The molecular weight excluding hydrogens is 374 g/mol. The van der Waals surface area contributed by atoms with Gasteiger partial charge in [0.25, 0.3) is 11.8 Å².